The number of anilines is 1. The van der Waals surface area contributed by atoms with Gasteiger partial charge in [0, 0.05) is 19.3 Å². The maximum Gasteiger partial charge on any atom is 0.417 e. The van der Waals surface area contributed by atoms with Crippen LogP contribution >= 0.6 is 11.6 Å². The number of alkyl halides is 6. The zero-order chi connectivity index (χ0) is 20.2. The number of amides is 1. The standard InChI is InChI=1S/C16H12ClF6N3O/c17-12-7-9(15(18,19)20)8-26-13(12)24-5-6-25-14(27)10-3-1-2-4-11(10)16(21,22)23/h1-4,7-8H,5-6H2,(H,24,26)(H,25,27). The molecule has 2 aromatic rings. The average molecular weight is 412 g/mol. The van der Waals surface area contributed by atoms with Gasteiger partial charge in [-0.05, 0) is 18.2 Å². The van der Waals surface area contributed by atoms with Crippen molar-refractivity contribution in [2.45, 2.75) is 12.4 Å². The highest BCUT2D eigenvalue weighted by Gasteiger charge is 2.34. The van der Waals surface area contributed by atoms with Gasteiger partial charge >= 0.3 is 12.4 Å². The molecule has 0 unspecified atom stereocenters. The van der Waals surface area contributed by atoms with Crippen LogP contribution in [0.3, 0.4) is 0 Å². The number of pyridine rings is 1. The molecule has 0 bridgehead atoms. The summed E-state index contributed by atoms with van der Waals surface area (Å²) in [6.45, 7) is -0.123. The summed E-state index contributed by atoms with van der Waals surface area (Å²) in [5.74, 6) is -0.981. The number of nitrogens with zero attached hydrogens (tertiary/aromatic N) is 1. The molecule has 27 heavy (non-hydrogen) atoms. The van der Waals surface area contributed by atoms with Crippen molar-refractivity contribution in [2.75, 3.05) is 18.4 Å². The number of carbonyl (C=O) groups is 1. The molecule has 0 aliphatic heterocycles. The van der Waals surface area contributed by atoms with Crippen LogP contribution in [0.1, 0.15) is 21.5 Å². The van der Waals surface area contributed by atoms with Gasteiger partial charge in [-0.25, -0.2) is 4.98 Å². The summed E-state index contributed by atoms with van der Waals surface area (Å²) in [6.07, 6.45) is -8.68. The Bertz CT molecular complexity index is 823. The van der Waals surface area contributed by atoms with Gasteiger partial charge in [0.25, 0.3) is 5.91 Å². The number of hydrogen-bond donors (Lipinski definition) is 2. The molecular formula is C16H12ClF6N3O. The monoisotopic (exact) mass is 411 g/mol. The molecule has 2 rings (SSSR count). The average Bonchev–Trinajstić information content (AvgIpc) is 2.58. The largest absolute Gasteiger partial charge is 0.417 e. The van der Waals surface area contributed by atoms with Gasteiger partial charge < -0.3 is 10.6 Å². The fraction of sp³-hybridized carbons (Fsp3) is 0.250. The maximum absolute atomic E-state index is 12.9. The van der Waals surface area contributed by atoms with Crippen LogP contribution < -0.4 is 10.6 Å². The van der Waals surface area contributed by atoms with Crippen molar-refractivity contribution in [1.29, 1.82) is 0 Å². The minimum atomic E-state index is -4.68. The number of nitrogens with one attached hydrogen (secondary N) is 2. The highest BCUT2D eigenvalue weighted by atomic mass is 35.5. The van der Waals surface area contributed by atoms with Gasteiger partial charge in [0.05, 0.1) is 21.7 Å². The van der Waals surface area contributed by atoms with Crippen LogP contribution in [0.25, 0.3) is 0 Å². The summed E-state index contributed by atoms with van der Waals surface area (Å²) in [5, 5.41) is 4.60. The molecule has 0 spiro atoms. The van der Waals surface area contributed by atoms with Crippen molar-refractivity contribution in [3.63, 3.8) is 0 Å². The summed E-state index contributed by atoms with van der Waals surface area (Å²) >= 11 is 5.71. The zero-order valence-corrected chi connectivity index (χ0v) is 14.1. The van der Waals surface area contributed by atoms with Crippen molar-refractivity contribution >= 4 is 23.3 Å². The Morgan fingerprint density at radius 2 is 1.70 bits per heavy atom. The van der Waals surface area contributed by atoms with Crippen LogP contribution in [0, 0.1) is 0 Å². The predicted octanol–water partition coefficient (Wildman–Crippen LogP) is 4.61. The normalized spacial score (nSPS) is 12.0. The molecule has 0 fully saturated rings. The van der Waals surface area contributed by atoms with Crippen LogP contribution in [0.5, 0.6) is 0 Å². The van der Waals surface area contributed by atoms with E-state index >= 15 is 0 Å². The second-order valence-corrected chi connectivity index (χ2v) is 5.69. The van der Waals surface area contributed by atoms with Gasteiger partial charge in [-0.1, -0.05) is 23.7 Å². The molecule has 0 atom stereocenters. The SMILES string of the molecule is O=C(NCCNc1ncc(C(F)(F)F)cc1Cl)c1ccccc1C(F)(F)F. The number of halogens is 7. The third-order valence-corrected chi connectivity index (χ3v) is 3.64. The quantitative estimate of drug-likeness (QED) is 0.558. The number of rotatable bonds is 5. The first-order chi connectivity index (χ1) is 12.5. The minimum Gasteiger partial charge on any atom is -0.367 e. The van der Waals surface area contributed by atoms with Gasteiger partial charge in [0.15, 0.2) is 0 Å². The van der Waals surface area contributed by atoms with E-state index in [1.54, 1.807) is 0 Å². The Labute approximate surface area is 154 Å². The summed E-state index contributed by atoms with van der Waals surface area (Å²) < 4.78 is 76.2. The van der Waals surface area contributed by atoms with Crippen molar-refractivity contribution in [2.24, 2.45) is 0 Å². The molecule has 0 aliphatic carbocycles. The molecule has 0 saturated carbocycles. The third-order valence-electron chi connectivity index (χ3n) is 3.35. The van der Waals surface area contributed by atoms with Crippen LogP contribution in [-0.4, -0.2) is 24.0 Å². The molecule has 1 aromatic carbocycles. The number of aromatic nitrogens is 1. The molecule has 0 aliphatic rings. The van der Waals surface area contributed by atoms with E-state index in [9.17, 15) is 31.1 Å². The van der Waals surface area contributed by atoms with E-state index in [-0.39, 0.29) is 23.9 Å². The van der Waals surface area contributed by atoms with Crippen LogP contribution in [0.2, 0.25) is 5.02 Å². The molecule has 11 heteroatoms. The number of hydrogen-bond acceptors (Lipinski definition) is 3. The molecule has 0 saturated heterocycles. The van der Waals surface area contributed by atoms with Crippen molar-refractivity contribution in [3.05, 3.63) is 58.2 Å². The van der Waals surface area contributed by atoms with Gasteiger partial charge in [0.1, 0.15) is 5.82 Å². The molecule has 1 heterocycles. The predicted molar refractivity (Wildman–Crippen MR) is 86.5 cm³/mol. The summed E-state index contributed by atoms with van der Waals surface area (Å²) in [5.41, 5.74) is -2.62. The van der Waals surface area contributed by atoms with E-state index < -0.39 is 35.0 Å². The van der Waals surface area contributed by atoms with Crippen molar-refractivity contribution in [3.8, 4) is 0 Å². The number of benzene rings is 1. The first-order valence-corrected chi connectivity index (χ1v) is 7.79. The molecule has 2 N–H and O–H groups in total. The fourth-order valence-corrected chi connectivity index (χ4v) is 2.34. The molecule has 1 aromatic heterocycles. The second-order valence-electron chi connectivity index (χ2n) is 5.28. The molecule has 1 amide bonds. The highest BCUT2D eigenvalue weighted by Crippen LogP contribution is 2.33. The fourth-order valence-electron chi connectivity index (χ4n) is 2.10. The smallest absolute Gasteiger partial charge is 0.367 e. The molecule has 4 nitrogen and oxygen atoms in total. The molecule has 0 radical (unpaired) electrons. The van der Waals surface area contributed by atoms with Crippen LogP contribution in [-0.2, 0) is 12.4 Å². The minimum absolute atomic E-state index is 0.0159. The lowest BCUT2D eigenvalue weighted by Gasteiger charge is -2.13. The van der Waals surface area contributed by atoms with Gasteiger partial charge in [-0.15, -0.1) is 0 Å². The first kappa shape index (κ1) is 20.8. The Kier molecular flexibility index (Phi) is 6.19. The second kappa shape index (κ2) is 8.03. The van der Waals surface area contributed by atoms with Gasteiger partial charge in [-0.2, -0.15) is 26.3 Å². The van der Waals surface area contributed by atoms with E-state index in [0.717, 1.165) is 12.1 Å². The topological polar surface area (TPSA) is 54.0 Å². The van der Waals surface area contributed by atoms with Crippen molar-refractivity contribution < 1.29 is 31.1 Å². The molecular weight excluding hydrogens is 400 g/mol. The lowest BCUT2D eigenvalue weighted by atomic mass is 10.1. The van der Waals surface area contributed by atoms with Crippen LogP contribution in [0.15, 0.2) is 36.5 Å². The Morgan fingerprint density at radius 1 is 1.04 bits per heavy atom. The Balaban J connectivity index is 1.94. The summed E-state index contributed by atoms with van der Waals surface area (Å²) in [6, 6.07) is 4.99. The van der Waals surface area contributed by atoms with E-state index in [1.165, 1.54) is 12.1 Å². The number of carbonyl (C=O) groups excluding carboxylic acids is 1. The Morgan fingerprint density at radius 3 is 2.30 bits per heavy atom. The van der Waals surface area contributed by atoms with Gasteiger partial charge in [0.2, 0.25) is 0 Å². The highest BCUT2D eigenvalue weighted by molar-refractivity contribution is 6.32. The lowest BCUT2D eigenvalue weighted by Crippen LogP contribution is -2.30. The van der Waals surface area contributed by atoms with Gasteiger partial charge in [-0.3, -0.25) is 4.79 Å². The zero-order valence-electron chi connectivity index (χ0n) is 13.4. The third kappa shape index (κ3) is 5.49. The molecule has 146 valence electrons. The summed E-state index contributed by atoms with van der Waals surface area (Å²) in [4.78, 5) is 15.5. The van der Waals surface area contributed by atoms with E-state index in [0.29, 0.717) is 12.3 Å². The van der Waals surface area contributed by atoms with E-state index in [1.807, 2.05) is 0 Å². The first-order valence-electron chi connectivity index (χ1n) is 7.41. The van der Waals surface area contributed by atoms with E-state index in [4.69, 9.17) is 11.6 Å². The maximum atomic E-state index is 12.9. The summed E-state index contributed by atoms with van der Waals surface area (Å²) in [7, 11) is 0. The van der Waals surface area contributed by atoms with Crippen LogP contribution in [0.4, 0.5) is 32.2 Å². The van der Waals surface area contributed by atoms with E-state index in [2.05, 4.69) is 15.6 Å². The van der Waals surface area contributed by atoms with Crippen molar-refractivity contribution in [1.82, 2.24) is 10.3 Å². The lowest BCUT2D eigenvalue weighted by molar-refractivity contribution is -0.138. The Hall–Kier alpha value is -2.49.